The number of carbonyl (C=O) groups excluding carboxylic acids is 1. The van der Waals surface area contributed by atoms with Crippen LogP contribution in [0.5, 0.6) is 5.75 Å². The molecular formula is C25H35F3N4O3. The van der Waals surface area contributed by atoms with Gasteiger partial charge in [0.15, 0.2) is 5.82 Å². The Bertz CT molecular complexity index is 921. The number of aromatic nitrogens is 2. The summed E-state index contributed by atoms with van der Waals surface area (Å²) in [4.78, 5) is 22.0. The van der Waals surface area contributed by atoms with Crippen molar-refractivity contribution >= 4 is 11.7 Å². The van der Waals surface area contributed by atoms with Gasteiger partial charge in [-0.15, -0.1) is 13.2 Å². The number of hydrogen-bond donors (Lipinski definition) is 2. The zero-order valence-electron chi connectivity index (χ0n) is 20.7. The molecule has 10 heteroatoms. The van der Waals surface area contributed by atoms with Gasteiger partial charge in [0.1, 0.15) is 17.6 Å². The molecule has 194 valence electrons. The zero-order chi connectivity index (χ0) is 25.8. The van der Waals surface area contributed by atoms with E-state index in [1.165, 1.54) is 24.3 Å². The minimum absolute atomic E-state index is 0.124. The van der Waals surface area contributed by atoms with Gasteiger partial charge in [-0.3, -0.25) is 4.79 Å². The molecule has 0 aliphatic carbocycles. The molecule has 0 saturated heterocycles. The first kappa shape index (κ1) is 28.4. The molecule has 1 unspecified atom stereocenters. The molecule has 35 heavy (non-hydrogen) atoms. The van der Waals surface area contributed by atoms with Crippen LogP contribution in [0.15, 0.2) is 30.3 Å². The fourth-order valence-electron chi connectivity index (χ4n) is 3.43. The van der Waals surface area contributed by atoms with Crippen molar-refractivity contribution in [1.29, 1.82) is 0 Å². The van der Waals surface area contributed by atoms with Crippen LogP contribution in [-0.4, -0.2) is 48.0 Å². The van der Waals surface area contributed by atoms with Crippen molar-refractivity contribution < 1.29 is 27.4 Å². The van der Waals surface area contributed by atoms with Crippen LogP contribution in [0.2, 0.25) is 0 Å². The van der Waals surface area contributed by atoms with Gasteiger partial charge in [0.05, 0.1) is 0 Å². The van der Waals surface area contributed by atoms with Crippen LogP contribution in [0, 0.1) is 5.92 Å². The number of nitrogens with one attached hydrogen (secondary N) is 2. The number of alkyl halides is 3. The molecule has 0 spiro atoms. The van der Waals surface area contributed by atoms with Crippen LogP contribution in [-0.2, 0) is 16.0 Å². The summed E-state index contributed by atoms with van der Waals surface area (Å²) in [6.07, 6.45) is -1.89. The van der Waals surface area contributed by atoms with E-state index in [-0.39, 0.29) is 17.6 Å². The van der Waals surface area contributed by atoms with Gasteiger partial charge in [-0.2, -0.15) is 0 Å². The third kappa shape index (κ3) is 10.5. The highest BCUT2D eigenvalue weighted by molar-refractivity contribution is 5.84. The molecule has 0 saturated carbocycles. The second-order valence-electron chi connectivity index (χ2n) is 8.56. The van der Waals surface area contributed by atoms with Crippen molar-refractivity contribution in [1.82, 2.24) is 15.3 Å². The van der Waals surface area contributed by atoms with Crippen LogP contribution in [0.3, 0.4) is 0 Å². The number of amides is 1. The number of carbonyl (C=O) groups is 1. The second kappa shape index (κ2) is 13.9. The average molecular weight is 497 g/mol. The molecule has 1 atom stereocenters. The highest BCUT2D eigenvalue weighted by atomic mass is 19.4. The predicted octanol–water partition coefficient (Wildman–Crippen LogP) is 5.36. The molecule has 1 amide bonds. The van der Waals surface area contributed by atoms with E-state index in [4.69, 9.17) is 4.74 Å². The average Bonchev–Trinajstić information content (AvgIpc) is 2.77. The van der Waals surface area contributed by atoms with E-state index in [1.54, 1.807) is 0 Å². The quantitative estimate of drug-likeness (QED) is 0.342. The maximum absolute atomic E-state index is 12.9. The van der Waals surface area contributed by atoms with E-state index in [2.05, 4.69) is 25.3 Å². The fraction of sp³-hybridized carbons (Fsp3) is 0.560. The van der Waals surface area contributed by atoms with Gasteiger partial charge < -0.3 is 20.1 Å². The lowest BCUT2D eigenvalue weighted by Gasteiger charge is -2.21. The lowest BCUT2D eigenvalue weighted by Crippen LogP contribution is -2.41. The van der Waals surface area contributed by atoms with Crippen molar-refractivity contribution in [2.24, 2.45) is 5.92 Å². The highest BCUT2D eigenvalue weighted by Crippen LogP contribution is 2.26. The Balaban J connectivity index is 2.22. The van der Waals surface area contributed by atoms with Gasteiger partial charge >= 0.3 is 6.36 Å². The van der Waals surface area contributed by atoms with Gasteiger partial charge in [0, 0.05) is 37.1 Å². The monoisotopic (exact) mass is 496 g/mol. The van der Waals surface area contributed by atoms with Gasteiger partial charge in [-0.25, -0.2) is 9.97 Å². The molecular weight excluding hydrogens is 461 g/mol. The van der Waals surface area contributed by atoms with Crippen LogP contribution in [0.1, 0.15) is 52.7 Å². The molecule has 2 rings (SSSR count). The molecule has 1 heterocycles. The van der Waals surface area contributed by atoms with Gasteiger partial charge in [-0.1, -0.05) is 27.2 Å². The van der Waals surface area contributed by atoms with Gasteiger partial charge in [0.2, 0.25) is 5.91 Å². The maximum Gasteiger partial charge on any atom is 0.573 e. The SMILES string of the molecule is CCCc1cc(NC(CC(C)C)C(=O)NCCCOCC)nc(-c2ccc(OC(F)(F)F)cc2)n1. The highest BCUT2D eigenvalue weighted by Gasteiger charge is 2.31. The van der Waals surface area contributed by atoms with Crippen LogP contribution in [0.25, 0.3) is 11.4 Å². The molecule has 0 fully saturated rings. The number of anilines is 1. The number of halogens is 3. The van der Waals surface area contributed by atoms with Crippen molar-refractivity contribution in [3.05, 3.63) is 36.0 Å². The molecule has 7 nitrogen and oxygen atoms in total. The summed E-state index contributed by atoms with van der Waals surface area (Å²) in [7, 11) is 0. The minimum Gasteiger partial charge on any atom is -0.406 e. The Morgan fingerprint density at radius 3 is 2.43 bits per heavy atom. The van der Waals surface area contributed by atoms with Crippen LogP contribution < -0.4 is 15.4 Å². The third-order valence-corrected chi connectivity index (χ3v) is 4.95. The van der Waals surface area contributed by atoms with E-state index in [1.807, 2.05) is 33.8 Å². The predicted molar refractivity (Wildman–Crippen MR) is 129 cm³/mol. The molecule has 1 aromatic carbocycles. The van der Waals surface area contributed by atoms with E-state index in [0.717, 1.165) is 18.5 Å². The number of nitrogens with zero attached hydrogens (tertiary/aromatic N) is 2. The van der Waals surface area contributed by atoms with E-state index < -0.39 is 12.4 Å². The number of rotatable bonds is 14. The van der Waals surface area contributed by atoms with Gasteiger partial charge in [0.25, 0.3) is 0 Å². The summed E-state index contributed by atoms with van der Waals surface area (Å²) in [5.74, 6) is 0.671. The second-order valence-corrected chi connectivity index (χ2v) is 8.56. The van der Waals surface area contributed by atoms with Crippen LogP contribution >= 0.6 is 0 Å². The zero-order valence-corrected chi connectivity index (χ0v) is 20.7. The summed E-state index contributed by atoms with van der Waals surface area (Å²) in [5.41, 5.74) is 1.32. The molecule has 2 N–H and O–H groups in total. The van der Waals surface area contributed by atoms with Crippen molar-refractivity contribution in [2.75, 3.05) is 25.1 Å². The molecule has 1 aromatic heterocycles. The number of aryl methyl sites for hydroxylation is 1. The normalized spacial score (nSPS) is 12.5. The molecule has 0 aliphatic rings. The lowest BCUT2D eigenvalue weighted by molar-refractivity contribution is -0.274. The smallest absolute Gasteiger partial charge is 0.406 e. The Morgan fingerprint density at radius 1 is 1.11 bits per heavy atom. The first-order valence-corrected chi connectivity index (χ1v) is 12.0. The molecule has 0 radical (unpaired) electrons. The Hall–Kier alpha value is -2.88. The summed E-state index contributed by atoms with van der Waals surface area (Å²) in [6, 6.07) is 6.72. The van der Waals surface area contributed by atoms with E-state index in [0.29, 0.717) is 49.8 Å². The number of ether oxygens (including phenoxy) is 2. The number of hydrogen-bond acceptors (Lipinski definition) is 6. The molecule has 2 aromatic rings. The van der Waals surface area contributed by atoms with Gasteiger partial charge in [-0.05, 0) is 56.4 Å². The minimum atomic E-state index is -4.76. The van der Waals surface area contributed by atoms with Crippen LogP contribution in [0.4, 0.5) is 19.0 Å². The van der Waals surface area contributed by atoms with E-state index >= 15 is 0 Å². The lowest BCUT2D eigenvalue weighted by atomic mass is 10.0. The Labute approximate surface area is 204 Å². The standard InChI is InChI=1S/C25H35F3N4O3/c1-5-8-19-16-22(31-21(15-17(3)4)24(33)29-13-7-14-34-6-2)32-23(30-19)18-9-11-20(12-10-18)35-25(26,27)28/h9-12,16-17,21H,5-8,13-15H2,1-4H3,(H,29,33)(H,30,31,32). The first-order chi connectivity index (χ1) is 16.6. The molecule has 0 bridgehead atoms. The summed E-state index contributed by atoms with van der Waals surface area (Å²) in [6.45, 7) is 9.76. The third-order valence-electron chi connectivity index (χ3n) is 4.95. The van der Waals surface area contributed by atoms with Crippen molar-refractivity contribution in [3.8, 4) is 17.1 Å². The van der Waals surface area contributed by atoms with Crippen molar-refractivity contribution in [3.63, 3.8) is 0 Å². The Morgan fingerprint density at radius 2 is 1.83 bits per heavy atom. The topological polar surface area (TPSA) is 85.4 Å². The number of benzene rings is 1. The van der Waals surface area contributed by atoms with E-state index in [9.17, 15) is 18.0 Å². The summed E-state index contributed by atoms with van der Waals surface area (Å²) >= 11 is 0. The molecule has 0 aliphatic heterocycles. The van der Waals surface area contributed by atoms with Crippen molar-refractivity contribution in [2.45, 2.75) is 65.8 Å². The summed E-state index contributed by atoms with van der Waals surface area (Å²) in [5, 5.41) is 6.19. The largest absolute Gasteiger partial charge is 0.573 e. The first-order valence-electron chi connectivity index (χ1n) is 12.0. The Kier molecular flexibility index (Phi) is 11.2. The summed E-state index contributed by atoms with van der Waals surface area (Å²) < 4.78 is 46.7. The maximum atomic E-state index is 12.9. The fourth-order valence-corrected chi connectivity index (χ4v) is 3.43.